The molecule has 3 rings (SSSR count). The summed E-state index contributed by atoms with van der Waals surface area (Å²) >= 11 is 0. The van der Waals surface area contributed by atoms with Crippen molar-refractivity contribution in [2.45, 2.75) is 25.5 Å². The lowest BCUT2D eigenvalue weighted by Crippen LogP contribution is -2.37. The molecule has 1 aliphatic heterocycles. The maximum atomic E-state index is 12.9. The standard InChI is InChI=1S/C16H20FN3O/c1-19-11-13(10-18-19)12-20-8-6-16(7-9-20)21-15-4-2-14(17)3-5-15/h2-5,10-11,16H,6-9,12H2,1H3. The first kappa shape index (κ1) is 14.1. The molecule has 112 valence electrons. The second-order valence-electron chi connectivity index (χ2n) is 5.57. The van der Waals surface area contributed by atoms with Crippen LogP contribution >= 0.6 is 0 Å². The molecule has 0 N–H and O–H groups in total. The van der Waals surface area contributed by atoms with Crippen molar-refractivity contribution in [2.24, 2.45) is 7.05 Å². The molecule has 1 aliphatic rings. The molecule has 0 saturated carbocycles. The van der Waals surface area contributed by atoms with Gasteiger partial charge in [-0.2, -0.15) is 5.10 Å². The fourth-order valence-electron chi connectivity index (χ4n) is 2.70. The number of likely N-dealkylation sites (tertiary alicyclic amines) is 1. The van der Waals surface area contributed by atoms with Crippen molar-refractivity contribution in [3.63, 3.8) is 0 Å². The van der Waals surface area contributed by atoms with Gasteiger partial charge in [-0.25, -0.2) is 4.39 Å². The average molecular weight is 289 g/mol. The molecule has 1 fully saturated rings. The van der Waals surface area contributed by atoms with E-state index in [-0.39, 0.29) is 11.9 Å². The summed E-state index contributed by atoms with van der Waals surface area (Å²) < 4.78 is 20.6. The molecule has 2 aromatic rings. The van der Waals surface area contributed by atoms with Crippen LogP contribution in [0.1, 0.15) is 18.4 Å². The van der Waals surface area contributed by atoms with Gasteiger partial charge in [-0.15, -0.1) is 0 Å². The van der Waals surface area contributed by atoms with Gasteiger partial charge < -0.3 is 4.74 Å². The number of halogens is 1. The summed E-state index contributed by atoms with van der Waals surface area (Å²) in [6, 6.07) is 6.26. The van der Waals surface area contributed by atoms with Crippen LogP contribution in [-0.2, 0) is 13.6 Å². The maximum absolute atomic E-state index is 12.9. The van der Waals surface area contributed by atoms with Crippen LogP contribution in [0.5, 0.6) is 5.75 Å². The number of piperidine rings is 1. The van der Waals surface area contributed by atoms with Crippen LogP contribution in [0, 0.1) is 5.82 Å². The molecule has 0 atom stereocenters. The van der Waals surface area contributed by atoms with Crippen LogP contribution < -0.4 is 4.74 Å². The summed E-state index contributed by atoms with van der Waals surface area (Å²) in [6.45, 7) is 2.97. The van der Waals surface area contributed by atoms with E-state index in [0.717, 1.165) is 38.2 Å². The van der Waals surface area contributed by atoms with Crippen LogP contribution in [0.2, 0.25) is 0 Å². The van der Waals surface area contributed by atoms with Crippen LogP contribution in [0.3, 0.4) is 0 Å². The number of hydrogen-bond donors (Lipinski definition) is 0. The van der Waals surface area contributed by atoms with Gasteiger partial charge in [-0.3, -0.25) is 9.58 Å². The molecule has 0 unspecified atom stereocenters. The molecule has 4 nitrogen and oxygen atoms in total. The molecule has 0 amide bonds. The summed E-state index contributed by atoms with van der Waals surface area (Å²) in [5.74, 6) is 0.524. The summed E-state index contributed by atoms with van der Waals surface area (Å²) in [4.78, 5) is 2.42. The van der Waals surface area contributed by atoms with E-state index in [0.29, 0.717) is 0 Å². The third-order valence-electron chi connectivity index (χ3n) is 3.82. The zero-order valence-electron chi connectivity index (χ0n) is 12.2. The number of ether oxygens (including phenoxy) is 1. The fourth-order valence-corrected chi connectivity index (χ4v) is 2.70. The van der Waals surface area contributed by atoms with Gasteiger partial charge in [0.15, 0.2) is 0 Å². The van der Waals surface area contributed by atoms with Gasteiger partial charge >= 0.3 is 0 Å². The van der Waals surface area contributed by atoms with E-state index in [4.69, 9.17) is 4.74 Å². The van der Waals surface area contributed by atoms with Crippen molar-refractivity contribution in [3.8, 4) is 5.75 Å². The first-order chi connectivity index (χ1) is 10.2. The van der Waals surface area contributed by atoms with E-state index in [1.54, 1.807) is 12.1 Å². The monoisotopic (exact) mass is 289 g/mol. The van der Waals surface area contributed by atoms with Gasteiger partial charge in [0.1, 0.15) is 17.7 Å². The van der Waals surface area contributed by atoms with Crippen molar-refractivity contribution >= 4 is 0 Å². The number of benzene rings is 1. The number of rotatable bonds is 4. The van der Waals surface area contributed by atoms with E-state index >= 15 is 0 Å². The first-order valence-corrected chi connectivity index (χ1v) is 7.31. The van der Waals surface area contributed by atoms with Crippen LogP contribution in [0.15, 0.2) is 36.7 Å². The Bertz CT molecular complexity index is 573. The van der Waals surface area contributed by atoms with Crippen LogP contribution in [-0.4, -0.2) is 33.9 Å². The van der Waals surface area contributed by atoms with Crippen molar-refractivity contribution in [1.82, 2.24) is 14.7 Å². The SMILES string of the molecule is Cn1cc(CN2CCC(Oc3ccc(F)cc3)CC2)cn1. The van der Waals surface area contributed by atoms with E-state index in [2.05, 4.69) is 16.2 Å². The summed E-state index contributed by atoms with van der Waals surface area (Å²) in [7, 11) is 1.94. The predicted molar refractivity (Wildman–Crippen MR) is 78.5 cm³/mol. The van der Waals surface area contributed by atoms with Gasteiger partial charge in [0.25, 0.3) is 0 Å². The van der Waals surface area contributed by atoms with Crippen molar-refractivity contribution in [2.75, 3.05) is 13.1 Å². The number of hydrogen-bond acceptors (Lipinski definition) is 3. The molecule has 1 saturated heterocycles. The number of nitrogens with zero attached hydrogens (tertiary/aromatic N) is 3. The summed E-state index contributed by atoms with van der Waals surface area (Å²) in [6.07, 6.45) is 6.19. The highest BCUT2D eigenvalue weighted by atomic mass is 19.1. The topological polar surface area (TPSA) is 30.3 Å². The molecule has 5 heteroatoms. The second-order valence-corrected chi connectivity index (χ2v) is 5.57. The molecular formula is C16H20FN3O. The Morgan fingerprint density at radius 1 is 1.24 bits per heavy atom. The Hall–Kier alpha value is -1.88. The highest BCUT2D eigenvalue weighted by Gasteiger charge is 2.20. The van der Waals surface area contributed by atoms with E-state index < -0.39 is 0 Å². The van der Waals surface area contributed by atoms with Gasteiger partial charge in [0, 0.05) is 38.4 Å². The second kappa shape index (κ2) is 6.26. The minimum atomic E-state index is -0.228. The summed E-state index contributed by atoms with van der Waals surface area (Å²) in [5.41, 5.74) is 1.25. The Morgan fingerprint density at radius 3 is 2.57 bits per heavy atom. The quantitative estimate of drug-likeness (QED) is 0.866. The number of aryl methyl sites for hydroxylation is 1. The minimum absolute atomic E-state index is 0.223. The highest BCUT2D eigenvalue weighted by molar-refractivity contribution is 5.22. The Kier molecular flexibility index (Phi) is 4.20. The normalized spacial score (nSPS) is 17.0. The van der Waals surface area contributed by atoms with Crippen LogP contribution in [0.25, 0.3) is 0 Å². The molecule has 1 aromatic heterocycles. The fraction of sp³-hybridized carbons (Fsp3) is 0.438. The zero-order valence-corrected chi connectivity index (χ0v) is 12.2. The lowest BCUT2D eigenvalue weighted by molar-refractivity contribution is 0.0967. The van der Waals surface area contributed by atoms with Crippen molar-refractivity contribution in [1.29, 1.82) is 0 Å². The molecule has 0 spiro atoms. The van der Waals surface area contributed by atoms with Gasteiger partial charge in [-0.1, -0.05) is 0 Å². The summed E-state index contributed by atoms with van der Waals surface area (Å²) in [5, 5.41) is 4.19. The van der Waals surface area contributed by atoms with Crippen molar-refractivity contribution in [3.05, 3.63) is 48.0 Å². The van der Waals surface area contributed by atoms with Gasteiger partial charge in [0.05, 0.1) is 6.20 Å². The molecule has 0 aliphatic carbocycles. The molecule has 1 aromatic carbocycles. The molecule has 0 bridgehead atoms. The highest BCUT2D eigenvalue weighted by Crippen LogP contribution is 2.20. The average Bonchev–Trinajstić information content (AvgIpc) is 2.89. The van der Waals surface area contributed by atoms with E-state index in [9.17, 15) is 4.39 Å². The lowest BCUT2D eigenvalue weighted by Gasteiger charge is -2.31. The zero-order chi connectivity index (χ0) is 14.7. The smallest absolute Gasteiger partial charge is 0.123 e. The van der Waals surface area contributed by atoms with Crippen LogP contribution in [0.4, 0.5) is 4.39 Å². The third-order valence-corrected chi connectivity index (χ3v) is 3.82. The maximum Gasteiger partial charge on any atom is 0.123 e. The van der Waals surface area contributed by atoms with Gasteiger partial charge in [0.2, 0.25) is 0 Å². The first-order valence-electron chi connectivity index (χ1n) is 7.31. The largest absolute Gasteiger partial charge is 0.490 e. The molecule has 0 radical (unpaired) electrons. The Balaban J connectivity index is 1.47. The Labute approximate surface area is 124 Å². The minimum Gasteiger partial charge on any atom is -0.490 e. The molecular weight excluding hydrogens is 269 g/mol. The Morgan fingerprint density at radius 2 is 1.95 bits per heavy atom. The number of aromatic nitrogens is 2. The third kappa shape index (κ3) is 3.82. The molecule has 21 heavy (non-hydrogen) atoms. The van der Waals surface area contributed by atoms with Gasteiger partial charge in [-0.05, 0) is 37.1 Å². The van der Waals surface area contributed by atoms with E-state index in [1.165, 1.54) is 17.7 Å². The van der Waals surface area contributed by atoms with E-state index in [1.807, 2.05) is 17.9 Å². The predicted octanol–water partition coefficient (Wildman–Crippen LogP) is 2.60. The molecule has 2 heterocycles. The van der Waals surface area contributed by atoms with Crippen molar-refractivity contribution < 1.29 is 9.13 Å². The lowest BCUT2D eigenvalue weighted by atomic mass is 10.1.